The molecule has 0 aliphatic rings. The average Bonchev–Trinajstić information content (AvgIpc) is 2.72. The molecule has 10 heteroatoms. The molecule has 0 fully saturated rings. The van der Waals surface area contributed by atoms with E-state index in [4.69, 9.17) is 17.0 Å². The van der Waals surface area contributed by atoms with Gasteiger partial charge in [0.2, 0.25) is 5.91 Å². The summed E-state index contributed by atoms with van der Waals surface area (Å²) in [6, 6.07) is 11.3. The lowest BCUT2D eigenvalue weighted by atomic mass is 10.1. The molecular formula is C20H20N4O5S. The van der Waals surface area contributed by atoms with Gasteiger partial charge in [-0.25, -0.2) is 0 Å². The van der Waals surface area contributed by atoms with Gasteiger partial charge >= 0.3 is 0 Å². The van der Waals surface area contributed by atoms with Gasteiger partial charge in [-0.3, -0.25) is 35.9 Å². The minimum atomic E-state index is -0.570. The quantitative estimate of drug-likeness (QED) is 0.279. The Labute approximate surface area is 178 Å². The molecule has 3 N–H and O–H groups in total. The number of aryl methyl sites for hydroxylation is 1. The van der Waals surface area contributed by atoms with Gasteiger partial charge in [0.15, 0.2) is 11.7 Å². The van der Waals surface area contributed by atoms with Crippen LogP contribution in [0.5, 0.6) is 5.75 Å². The van der Waals surface area contributed by atoms with Crippen LogP contribution in [0.3, 0.4) is 0 Å². The monoisotopic (exact) mass is 428 g/mol. The number of carbonyl (C=O) groups is 2. The zero-order chi connectivity index (χ0) is 22.1. The van der Waals surface area contributed by atoms with Gasteiger partial charge in [-0.2, -0.15) is 0 Å². The number of hydrogen-bond acceptors (Lipinski definition) is 6. The van der Waals surface area contributed by atoms with E-state index in [-0.39, 0.29) is 17.4 Å². The highest BCUT2D eigenvalue weighted by Crippen LogP contribution is 2.20. The molecule has 0 bridgehead atoms. The van der Waals surface area contributed by atoms with Crippen LogP contribution in [0.2, 0.25) is 0 Å². The molecule has 0 saturated carbocycles. The van der Waals surface area contributed by atoms with Crippen LogP contribution in [0, 0.1) is 24.0 Å². The number of thiocarbonyl (C=S) groups is 1. The first-order valence-corrected chi connectivity index (χ1v) is 9.18. The Morgan fingerprint density at radius 3 is 2.63 bits per heavy atom. The number of carbonyl (C=O) groups excluding carboxylic acids is 2. The van der Waals surface area contributed by atoms with Crippen molar-refractivity contribution in [2.75, 3.05) is 6.61 Å². The fourth-order valence-corrected chi connectivity index (χ4v) is 2.44. The molecule has 2 rings (SSSR count). The SMILES string of the molecule is Cc1cccc(OCC(=O)NNC(=S)NC(=O)/C=C/c2cccc([N+](=O)[O-])c2)c1C. The molecule has 0 radical (unpaired) electrons. The van der Waals surface area contributed by atoms with Gasteiger partial charge in [0, 0.05) is 18.2 Å². The first kappa shape index (κ1) is 22.5. The summed E-state index contributed by atoms with van der Waals surface area (Å²) < 4.78 is 5.47. The van der Waals surface area contributed by atoms with E-state index < -0.39 is 16.7 Å². The Morgan fingerprint density at radius 2 is 1.90 bits per heavy atom. The van der Waals surface area contributed by atoms with E-state index in [0.29, 0.717) is 11.3 Å². The molecule has 2 aromatic carbocycles. The van der Waals surface area contributed by atoms with Gasteiger partial charge in [-0.05, 0) is 54.9 Å². The minimum Gasteiger partial charge on any atom is -0.483 e. The van der Waals surface area contributed by atoms with E-state index in [1.165, 1.54) is 30.4 Å². The van der Waals surface area contributed by atoms with Crippen LogP contribution in [0.4, 0.5) is 5.69 Å². The summed E-state index contributed by atoms with van der Waals surface area (Å²) >= 11 is 4.93. The van der Waals surface area contributed by atoms with E-state index in [1.54, 1.807) is 12.1 Å². The molecular weight excluding hydrogens is 408 g/mol. The van der Waals surface area contributed by atoms with Crippen molar-refractivity contribution in [1.29, 1.82) is 0 Å². The average molecular weight is 428 g/mol. The second kappa shape index (κ2) is 10.7. The predicted molar refractivity (Wildman–Crippen MR) is 116 cm³/mol. The molecule has 0 aromatic heterocycles. The summed E-state index contributed by atoms with van der Waals surface area (Å²) in [6.07, 6.45) is 2.57. The first-order chi connectivity index (χ1) is 14.3. The zero-order valence-corrected chi connectivity index (χ0v) is 17.1. The molecule has 0 aliphatic carbocycles. The molecule has 0 saturated heterocycles. The van der Waals surface area contributed by atoms with Crippen LogP contribution in [-0.2, 0) is 9.59 Å². The van der Waals surface area contributed by atoms with Crippen LogP contribution in [0.25, 0.3) is 6.08 Å². The smallest absolute Gasteiger partial charge is 0.276 e. The molecule has 0 spiro atoms. The second-order valence-corrected chi connectivity index (χ2v) is 6.57. The number of amides is 2. The third-order valence-corrected chi connectivity index (χ3v) is 4.18. The standard InChI is InChI=1S/C20H20N4O5S/c1-13-5-3-8-17(14(13)2)29-12-19(26)22-23-20(30)21-18(25)10-9-15-6-4-7-16(11-15)24(27)28/h3-11H,12H2,1-2H3,(H,22,26)(H2,21,23,25,30)/b10-9+. The third kappa shape index (κ3) is 6.99. The van der Waals surface area contributed by atoms with Crippen molar-refractivity contribution < 1.29 is 19.2 Å². The van der Waals surface area contributed by atoms with Gasteiger partial charge in [0.05, 0.1) is 4.92 Å². The predicted octanol–water partition coefficient (Wildman–Crippen LogP) is 2.33. The normalized spacial score (nSPS) is 10.3. The van der Waals surface area contributed by atoms with E-state index in [9.17, 15) is 19.7 Å². The van der Waals surface area contributed by atoms with E-state index in [2.05, 4.69) is 16.2 Å². The number of non-ortho nitro benzene ring substituents is 1. The molecule has 0 atom stereocenters. The Balaban J connectivity index is 1.76. The Hall–Kier alpha value is -3.79. The maximum absolute atomic E-state index is 11.9. The number of nitro groups is 1. The molecule has 0 heterocycles. The highest BCUT2D eigenvalue weighted by molar-refractivity contribution is 7.80. The highest BCUT2D eigenvalue weighted by atomic mass is 32.1. The number of hydrogen-bond donors (Lipinski definition) is 3. The van der Waals surface area contributed by atoms with Crippen molar-refractivity contribution in [3.8, 4) is 5.75 Å². The number of nitrogens with one attached hydrogen (secondary N) is 3. The minimum absolute atomic E-state index is 0.0828. The van der Waals surface area contributed by atoms with Crippen LogP contribution in [0.1, 0.15) is 16.7 Å². The van der Waals surface area contributed by atoms with Crippen LogP contribution in [0.15, 0.2) is 48.5 Å². The fourth-order valence-electron chi connectivity index (χ4n) is 2.29. The number of ether oxygens (including phenoxy) is 1. The molecule has 0 unspecified atom stereocenters. The molecule has 30 heavy (non-hydrogen) atoms. The van der Waals surface area contributed by atoms with E-state index in [1.807, 2.05) is 26.0 Å². The Bertz CT molecular complexity index is 1010. The largest absolute Gasteiger partial charge is 0.483 e. The van der Waals surface area contributed by atoms with Crippen molar-refractivity contribution in [3.05, 3.63) is 75.3 Å². The van der Waals surface area contributed by atoms with Crippen LogP contribution >= 0.6 is 12.2 Å². The topological polar surface area (TPSA) is 123 Å². The number of hydrazine groups is 1. The van der Waals surface area contributed by atoms with E-state index >= 15 is 0 Å². The summed E-state index contributed by atoms with van der Waals surface area (Å²) in [6.45, 7) is 3.60. The van der Waals surface area contributed by atoms with Gasteiger partial charge in [0.1, 0.15) is 5.75 Å². The van der Waals surface area contributed by atoms with Crippen molar-refractivity contribution in [1.82, 2.24) is 16.2 Å². The van der Waals surface area contributed by atoms with Crippen molar-refractivity contribution in [2.45, 2.75) is 13.8 Å². The highest BCUT2D eigenvalue weighted by Gasteiger charge is 2.08. The van der Waals surface area contributed by atoms with Gasteiger partial charge < -0.3 is 4.74 Å². The maximum atomic E-state index is 11.9. The molecule has 2 aromatic rings. The number of benzene rings is 2. The summed E-state index contributed by atoms with van der Waals surface area (Å²) in [5, 5.41) is 13.0. The molecule has 0 aliphatic heterocycles. The molecule has 156 valence electrons. The van der Waals surface area contributed by atoms with Gasteiger partial charge in [0.25, 0.3) is 11.6 Å². The second-order valence-electron chi connectivity index (χ2n) is 6.16. The van der Waals surface area contributed by atoms with Crippen LogP contribution in [-0.4, -0.2) is 28.5 Å². The van der Waals surface area contributed by atoms with Gasteiger partial charge in [-0.15, -0.1) is 0 Å². The third-order valence-electron chi connectivity index (χ3n) is 3.97. The summed E-state index contributed by atoms with van der Waals surface area (Å²) in [7, 11) is 0. The van der Waals surface area contributed by atoms with Gasteiger partial charge in [-0.1, -0.05) is 24.3 Å². The molecule has 2 amide bonds. The van der Waals surface area contributed by atoms with Crippen LogP contribution < -0.4 is 20.9 Å². The Kier molecular flexibility index (Phi) is 8.00. The lowest BCUT2D eigenvalue weighted by Crippen LogP contribution is -2.49. The zero-order valence-electron chi connectivity index (χ0n) is 16.3. The Morgan fingerprint density at radius 1 is 1.17 bits per heavy atom. The van der Waals surface area contributed by atoms with Crippen molar-refractivity contribution >= 4 is 40.9 Å². The number of nitrogens with zero attached hydrogens (tertiary/aromatic N) is 1. The first-order valence-electron chi connectivity index (χ1n) is 8.77. The summed E-state index contributed by atoms with van der Waals surface area (Å²) in [5.41, 5.74) is 7.10. The number of nitro benzene ring substituents is 1. The lowest BCUT2D eigenvalue weighted by Gasteiger charge is -2.12. The lowest BCUT2D eigenvalue weighted by molar-refractivity contribution is -0.384. The fraction of sp³-hybridized carbons (Fsp3) is 0.150. The maximum Gasteiger partial charge on any atom is 0.276 e. The summed E-state index contributed by atoms with van der Waals surface area (Å²) in [4.78, 5) is 34.0. The summed E-state index contributed by atoms with van der Waals surface area (Å²) in [5.74, 6) is -0.452. The van der Waals surface area contributed by atoms with E-state index in [0.717, 1.165) is 11.1 Å². The number of rotatable bonds is 6. The van der Waals surface area contributed by atoms with Crippen molar-refractivity contribution in [2.24, 2.45) is 0 Å². The van der Waals surface area contributed by atoms with Crippen molar-refractivity contribution in [3.63, 3.8) is 0 Å². The molecule has 9 nitrogen and oxygen atoms in total.